The first-order valence-corrected chi connectivity index (χ1v) is 11.6. The molecule has 0 aromatic heterocycles. The van der Waals surface area contributed by atoms with E-state index >= 15 is 0 Å². The monoisotopic (exact) mass is 301 g/mol. The summed E-state index contributed by atoms with van der Waals surface area (Å²) < 4.78 is 6.90. The molecule has 0 atom stereocenters. The molecule has 0 unspecified atom stereocenters. The molecular formula is C18H38OP+. The van der Waals surface area contributed by atoms with Crippen molar-refractivity contribution >= 4 is 7.49 Å². The Hall–Kier alpha value is 0.390. The van der Waals surface area contributed by atoms with Crippen molar-refractivity contribution in [3.05, 3.63) is 0 Å². The van der Waals surface area contributed by atoms with E-state index in [-0.39, 0.29) is 0 Å². The summed E-state index contributed by atoms with van der Waals surface area (Å²) in [6.45, 7) is 6.98. The molecule has 0 aliphatic heterocycles. The first kappa shape index (κ1) is 18.4. The highest BCUT2D eigenvalue weighted by Crippen LogP contribution is 2.63. The summed E-state index contributed by atoms with van der Waals surface area (Å²) in [6.07, 6.45) is 19.9. The minimum Gasteiger partial charge on any atom is -0.235 e. The average Bonchev–Trinajstić information content (AvgIpc) is 2.49. The van der Waals surface area contributed by atoms with Crippen LogP contribution < -0.4 is 0 Å². The molecule has 120 valence electrons. The van der Waals surface area contributed by atoms with E-state index in [0.717, 1.165) is 0 Å². The number of rotatable bonds is 11. The van der Waals surface area contributed by atoms with E-state index in [1.54, 1.807) is 0 Å². The molecule has 1 saturated carbocycles. The maximum Gasteiger partial charge on any atom is 0.146 e. The number of unbranched alkanes of at least 4 members (excludes halogenated alkanes) is 3. The smallest absolute Gasteiger partial charge is 0.146 e. The van der Waals surface area contributed by atoms with Gasteiger partial charge in [0.2, 0.25) is 0 Å². The molecular weight excluding hydrogens is 263 g/mol. The fourth-order valence-corrected chi connectivity index (χ4v) is 7.83. The molecule has 1 rings (SSSR count). The molecule has 1 fully saturated rings. The van der Waals surface area contributed by atoms with Crippen LogP contribution in [-0.2, 0) is 4.52 Å². The lowest BCUT2D eigenvalue weighted by molar-refractivity contribution is 0.165. The van der Waals surface area contributed by atoms with Crippen LogP contribution in [0, 0.1) is 0 Å². The molecule has 20 heavy (non-hydrogen) atoms. The molecule has 0 aromatic rings. The predicted octanol–water partition coefficient (Wildman–Crippen LogP) is 6.67. The summed E-state index contributed by atoms with van der Waals surface area (Å²) in [6, 6.07) is 0. The lowest BCUT2D eigenvalue weighted by Crippen LogP contribution is -2.22. The van der Waals surface area contributed by atoms with E-state index in [2.05, 4.69) is 20.8 Å². The Morgan fingerprint density at radius 1 is 0.750 bits per heavy atom. The van der Waals surface area contributed by atoms with E-state index < -0.39 is 7.49 Å². The van der Waals surface area contributed by atoms with Gasteiger partial charge in [0.05, 0.1) is 18.5 Å². The van der Waals surface area contributed by atoms with Gasteiger partial charge in [-0.1, -0.05) is 59.3 Å². The predicted molar refractivity (Wildman–Crippen MR) is 94.2 cm³/mol. The number of hydrogen-bond acceptors (Lipinski definition) is 1. The van der Waals surface area contributed by atoms with Gasteiger partial charge in [-0.05, 0) is 32.1 Å². The normalized spacial score (nSPS) is 17.6. The van der Waals surface area contributed by atoms with Crippen LogP contribution in [0.5, 0.6) is 0 Å². The van der Waals surface area contributed by atoms with Crippen LogP contribution in [0.4, 0.5) is 0 Å². The third kappa shape index (κ3) is 6.90. The number of hydrogen-bond donors (Lipinski definition) is 0. The zero-order chi connectivity index (χ0) is 14.7. The Labute approximate surface area is 128 Å². The van der Waals surface area contributed by atoms with Gasteiger partial charge in [-0.2, -0.15) is 0 Å². The topological polar surface area (TPSA) is 9.23 Å². The molecule has 0 aromatic carbocycles. The second kappa shape index (κ2) is 11.0. The highest BCUT2D eigenvalue weighted by atomic mass is 31.2. The minimum atomic E-state index is -1.11. The van der Waals surface area contributed by atoms with Crippen LogP contribution >= 0.6 is 7.49 Å². The zero-order valence-electron chi connectivity index (χ0n) is 14.3. The maximum atomic E-state index is 6.90. The van der Waals surface area contributed by atoms with Crippen molar-refractivity contribution in [2.24, 2.45) is 0 Å². The molecule has 1 nitrogen and oxygen atoms in total. The van der Waals surface area contributed by atoms with Gasteiger partial charge in [0, 0.05) is 0 Å². The fourth-order valence-electron chi connectivity index (χ4n) is 3.32. The van der Waals surface area contributed by atoms with Crippen molar-refractivity contribution < 1.29 is 4.52 Å². The van der Waals surface area contributed by atoms with Crippen LogP contribution in [-0.4, -0.2) is 24.6 Å². The molecule has 0 spiro atoms. The summed E-state index contributed by atoms with van der Waals surface area (Å²) in [4.78, 5) is 0. The van der Waals surface area contributed by atoms with Crippen LogP contribution in [0.1, 0.15) is 91.4 Å². The summed E-state index contributed by atoms with van der Waals surface area (Å²) >= 11 is 0. The summed E-state index contributed by atoms with van der Waals surface area (Å²) in [5.41, 5.74) is 0. The van der Waals surface area contributed by atoms with Crippen molar-refractivity contribution in [2.45, 2.75) is 97.5 Å². The molecule has 1 aliphatic carbocycles. The molecule has 0 bridgehead atoms. The van der Waals surface area contributed by atoms with E-state index in [0.29, 0.717) is 6.10 Å². The van der Waals surface area contributed by atoms with Crippen molar-refractivity contribution in [1.82, 2.24) is 0 Å². The SMILES string of the molecule is CCCC[P+](CCCC)(CCCC)OC1CCCCC1. The second-order valence-corrected chi connectivity index (χ2v) is 10.3. The molecule has 0 saturated heterocycles. The van der Waals surface area contributed by atoms with Crippen LogP contribution in [0.25, 0.3) is 0 Å². The summed E-state index contributed by atoms with van der Waals surface area (Å²) in [5, 5.41) is 0. The van der Waals surface area contributed by atoms with Gasteiger partial charge >= 0.3 is 0 Å². The van der Waals surface area contributed by atoms with Crippen LogP contribution in [0.3, 0.4) is 0 Å². The average molecular weight is 301 g/mol. The molecule has 1 aliphatic rings. The van der Waals surface area contributed by atoms with E-state index in [4.69, 9.17) is 4.52 Å². The molecule has 2 heteroatoms. The standard InChI is InChI=1S/C18H38OP/c1-4-7-15-20(16-8-5-2,17-9-6-3)19-18-13-11-10-12-14-18/h18H,4-17H2,1-3H3/q+1. The molecule has 0 heterocycles. The highest BCUT2D eigenvalue weighted by Gasteiger charge is 2.40. The molecule has 0 amide bonds. The van der Waals surface area contributed by atoms with E-state index in [1.807, 2.05) is 0 Å². The first-order valence-electron chi connectivity index (χ1n) is 9.30. The first-order chi connectivity index (χ1) is 9.76. The van der Waals surface area contributed by atoms with Crippen molar-refractivity contribution in [3.63, 3.8) is 0 Å². The van der Waals surface area contributed by atoms with Crippen molar-refractivity contribution in [1.29, 1.82) is 0 Å². The Bertz CT molecular complexity index is 202. The second-order valence-electron chi connectivity index (χ2n) is 6.66. The van der Waals surface area contributed by atoms with E-state index in [9.17, 15) is 0 Å². The van der Waals surface area contributed by atoms with Gasteiger partial charge in [-0.15, -0.1) is 0 Å². The Morgan fingerprint density at radius 3 is 1.60 bits per heavy atom. The van der Waals surface area contributed by atoms with Gasteiger partial charge in [0.25, 0.3) is 0 Å². The van der Waals surface area contributed by atoms with E-state index in [1.165, 1.54) is 89.1 Å². The highest BCUT2D eigenvalue weighted by molar-refractivity contribution is 7.71. The van der Waals surface area contributed by atoms with Crippen molar-refractivity contribution in [3.8, 4) is 0 Å². The van der Waals surface area contributed by atoms with Gasteiger partial charge in [0.15, 0.2) is 0 Å². The third-order valence-corrected chi connectivity index (χ3v) is 8.82. The van der Waals surface area contributed by atoms with Crippen molar-refractivity contribution in [2.75, 3.05) is 18.5 Å². The maximum absolute atomic E-state index is 6.90. The van der Waals surface area contributed by atoms with Crippen LogP contribution in [0.15, 0.2) is 0 Å². The summed E-state index contributed by atoms with van der Waals surface area (Å²) in [7, 11) is -1.11. The minimum absolute atomic E-state index is 0.614. The Kier molecular flexibility index (Phi) is 10.2. The summed E-state index contributed by atoms with van der Waals surface area (Å²) in [5.74, 6) is 0. The van der Waals surface area contributed by atoms with Gasteiger partial charge in [0.1, 0.15) is 13.6 Å². The van der Waals surface area contributed by atoms with Gasteiger partial charge in [-0.3, -0.25) is 0 Å². The lowest BCUT2D eigenvalue weighted by atomic mass is 9.98. The van der Waals surface area contributed by atoms with Gasteiger partial charge < -0.3 is 0 Å². The Morgan fingerprint density at radius 2 is 1.20 bits per heavy atom. The van der Waals surface area contributed by atoms with Crippen LogP contribution in [0.2, 0.25) is 0 Å². The zero-order valence-corrected chi connectivity index (χ0v) is 15.2. The lowest BCUT2D eigenvalue weighted by Gasteiger charge is -2.32. The van der Waals surface area contributed by atoms with Gasteiger partial charge in [-0.25, -0.2) is 4.52 Å². The Balaban J connectivity index is 2.64. The molecule has 0 N–H and O–H groups in total. The molecule has 0 radical (unpaired) electrons. The third-order valence-electron chi connectivity index (χ3n) is 4.68. The fraction of sp³-hybridized carbons (Fsp3) is 1.00. The largest absolute Gasteiger partial charge is 0.235 e. The quantitative estimate of drug-likeness (QED) is 0.387.